The molecule has 0 spiro atoms. The van der Waals surface area contributed by atoms with Gasteiger partial charge in [0.05, 0.1) is 6.33 Å². The van der Waals surface area contributed by atoms with Crippen molar-refractivity contribution < 1.29 is 4.39 Å². The highest BCUT2D eigenvalue weighted by atomic mass is 19.1. The van der Waals surface area contributed by atoms with E-state index in [4.69, 9.17) is 0 Å². The van der Waals surface area contributed by atoms with Crippen LogP contribution in [0.5, 0.6) is 0 Å². The third-order valence-corrected chi connectivity index (χ3v) is 2.40. The van der Waals surface area contributed by atoms with Gasteiger partial charge >= 0.3 is 5.69 Å². The molecule has 0 saturated heterocycles. The summed E-state index contributed by atoms with van der Waals surface area (Å²) in [5.41, 5.74) is 0.859. The SMILES string of the molecule is O=c1nc2nc[nH]c2c(Nc2cccc(F)c2)[nH]1. The van der Waals surface area contributed by atoms with Crippen molar-refractivity contribution in [3.8, 4) is 0 Å². The van der Waals surface area contributed by atoms with E-state index in [0.29, 0.717) is 22.7 Å². The van der Waals surface area contributed by atoms with Gasteiger partial charge in [-0.25, -0.2) is 14.2 Å². The molecular formula is C11H8FN5O. The van der Waals surface area contributed by atoms with Crippen LogP contribution in [0.25, 0.3) is 11.2 Å². The van der Waals surface area contributed by atoms with Gasteiger partial charge in [0, 0.05) is 5.69 Å². The molecule has 0 aliphatic rings. The maximum atomic E-state index is 13.1. The zero-order chi connectivity index (χ0) is 12.5. The Morgan fingerprint density at radius 1 is 1.33 bits per heavy atom. The van der Waals surface area contributed by atoms with Crippen LogP contribution in [0.15, 0.2) is 35.4 Å². The third-order valence-electron chi connectivity index (χ3n) is 2.40. The van der Waals surface area contributed by atoms with Crippen molar-refractivity contribution in [1.29, 1.82) is 0 Å². The van der Waals surface area contributed by atoms with E-state index in [1.807, 2.05) is 0 Å². The standard InChI is InChI=1S/C11H8FN5O/c12-6-2-1-3-7(4-6)15-10-8-9(14-5-13-8)16-11(18)17-10/h1-5H,(H3,13,14,15,16,17,18). The molecule has 0 atom stereocenters. The molecule has 3 rings (SSSR count). The van der Waals surface area contributed by atoms with Crippen LogP contribution in [-0.2, 0) is 0 Å². The smallest absolute Gasteiger partial charge is 0.340 e. The average molecular weight is 245 g/mol. The van der Waals surface area contributed by atoms with Crippen LogP contribution in [0, 0.1) is 5.82 Å². The number of H-pyrrole nitrogens is 2. The van der Waals surface area contributed by atoms with E-state index in [9.17, 15) is 9.18 Å². The van der Waals surface area contributed by atoms with Crippen molar-refractivity contribution in [2.24, 2.45) is 0 Å². The first kappa shape index (κ1) is 10.5. The third kappa shape index (κ3) is 1.81. The highest BCUT2D eigenvalue weighted by Crippen LogP contribution is 2.19. The van der Waals surface area contributed by atoms with Crippen molar-refractivity contribution in [3.05, 3.63) is 46.9 Å². The molecule has 1 aromatic carbocycles. The molecule has 0 amide bonds. The van der Waals surface area contributed by atoms with Gasteiger partial charge in [-0.1, -0.05) is 6.07 Å². The second-order valence-electron chi connectivity index (χ2n) is 3.65. The molecule has 0 saturated carbocycles. The van der Waals surface area contributed by atoms with Crippen LogP contribution in [0.3, 0.4) is 0 Å². The summed E-state index contributed by atoms with van der Waals surface area (Å²) in [4.78, 5) is 24.3. The van der Waals surface area contributed by atoms with E-state index in [1.54, 1.807) is 12.1 Å². The van der Waals surface area contributed by atoms with Crippen LogP contribution in [0.4, 0.5) is 15.9 Å². The molecule has 90 valence electrons. The number of aromatic amines is 2. The normalized spacial score (nSPS) is 10.7. The summed E-state index contributed by atoms with van der Waals surface area (Å²) >= 11 is 0. The highest BCUT2D eigenvalue weighted by Gasteiger charge is 2.07. The lowest BCUT2D eigenvalue weighted by molar-refractivity contribution is 0.628. The fourth-order valence-corrected chi connectivity index (χ4v) is 1.65. The first-order chi connectivity index (χ1) is 8.72. The van der Waals surface area contributed by atoms with Crippen molar-refractivity contribution >= 4 is 22.7 Å². The Morgan fingerprint density at radius 3 is 3.06 bits per heavy atom. The second kappa shape index (κ2) is 3.95. The number of imidazole rings is 1. The molecule has 3 aromatic rings. The van der Waals surface area contributed by atoms with Gasteiger partial charge in [-0.05, 0) is 18.2 Å². The molecule has 0 unspecified atom stereocenters. The van der Waals surface area contributed by atoms with Crippen LogP contribution in [0.2, 0.25) is 0 Å². The quantitative estimate of drug-likeness (QED) is 0.639. The average Bonchev–Trinajstić information content (AvgIpc) is 2.77. The number of fused-ring (bicyclic) bond motifs is 1. The van der Waals surface area contributed by atoms with E-state index in [-0.39, 0.29) is 5.82 Å². The number of halogens is 1. The lowest BCUT2D eigenvalue weighted by Crippen LogP contribution is -2.12. The van der Waals surface area contributed by atoms with Crippen LogP contribution in [-0.4, -0.2) is 19.9 Å². The monoisotopic (exact) mass is 245 g/mol. The molecule has 0 bridgehead atoms. The van der Waals surface area contributed by atoms with E-state index in [2.05, 4.69) is 25.3 Å². The molecular weight excluding hydrogens is 237 g/mol. The summed E-state index contributed by atoms with van der Waals surface area (Å²) in [7, 11) is 0. The van der Waals surface area contributed by atoms with Crippen LogP contribution >= 0.6 is 0 Å². The Labute approximate surface area is 99.9 Å². The lowest BCUT2D eigenvalue weighted by Gasteiger charge is -2.06. The maximum Gasteiger partial charge on any atom is 0.348 e. The first-order valence-corrected chi connectivity index (χ1v) is 5.18. The van der Waals surface area contributed by atoms with E-state index in [1.165, 1.54) is 18.5 Å². The number of rotatable bonds is 2. The minimum Gasteiger partial charge on any atom is -0.340 e. The fraction of sp³-hybridized carbons (Fsp3) is 0. The largest absolute Gasteiger partial charge is 0.348 e. The molecule has 0 fully saturated rings. The predicted octanol–water partition coefficient (Wildman–Crippen LogP) is 1.53. The van der Waals surface area contributed by atoms with Crippen LogP contribution < -0.4 is 11.0 Å². The summed E-state index contributed by atoms with van der Waals surface area (Å²) in [5.74, 6) is 0.0327. The number of anilines is 2. The summed E-state index contributed by atoms with van der Waals surface area (Å²) in [6, 6.07) is 5.92. The topological polar surface area (TPSA) is 86.5 Å². The van der Waals surface area contributed by atoms with Gasteiger partial charge in [-0.3, -0.25) is 4.98 Å². The summed E-state index contributed by atoms with van der Waals surface area (Å²) in [6.07, 6.45) is 1.43. The van der Waals surface area contributed by atoms with Gasteiger partial charge < -0.3 is 10.3 Å². The Morgan fingerprint density at radius 2 is 2.22 bits per heavy atom. The molecule has 2 aromatic heterocycles. The van der Waals surface area contributed by atoms with Gasteiger partial charge in [0.15, 0.2) is 5.65 Å². The van der Waals surface area contributed by atoms with Gasteiger partial charge in [0.25, 0.3) is 0 Å². The maximum absolute atomic E-state index is 13.1. The summed E-state index contributed by atoms with van der Waals surface area (Å²) in [5, 5.41) is 2.91. The van der Waals surface area contributed by atoms with Crippen molar-refractivity contribution in [1.82, 2.24) is 19.9 Å². The van der Waals surface area contributed by atoms with Crippen molar-refractivity contribution in [3.63, 3.8) is 0 Å². The summed E-state index contributed by atoms with van der Waals surface area (Å²) in [6.45, 7) is 0. The van der Waals surface area contributed by atoms with Crippen molar-refractivity contribution in [2.75, 3.05) is 5.32 Å². The minimum atomic E-state index is -0.520. The van der Waals surface area contributed by atoms with Crippen LogP contribution in [0.1, 0.15) is 0 Å². The van der Waals surface area contributed by atoms with Gasteiger partial charge in [-0.2, -0.15) is 4.98 Å². The summed E-state index contributed by atoms with van der Waals surface area (Å²) < 4.78 is 13.1. The number of aromatic nitrogens is 4. The molecule has 7 heteroatoms. The zero-order valence-corrected chi connectivity index (χ0v) is 9.07. The van der Waals surface area contributed by atoms with E-state index < -0.39 is 5.69 Å². The van der Waals surface area contributed by atoms with Gasteiger partial charge in [-0.15, -0.1) is 0 Å². The number of hydrogen-bond donors (Lipinski definition) is 3. The van der Waals surface area contributed by atoms with E-state index in [0.717, 1.165) is 0 Å². The zero-order valence-electron chi connectivity index (χ0n) is 9.07. The first-order valence-electron chi connectivity index (χ1n) is 5.18. The van der Waals surface area contributed by atoms with Gasteiger partial charge in [0.1, 0.15) is 17.2 Å². The number of benzene rings is 1. The van der Waals surface area contributed by atoms with E-state index >= 15 is 0 Å². The van der Waals surface area contributed by atoms with Crippen molar-refractivity contribution in [2.45, 2.75) is 0 Å². The molecule has 18 heavy (non-hydrogen) atoms. The Balaban J connectivity index is 2.09. The lowest BCUT2D eigenvalue weighted by atomic mass is 10.3. The molecule has 0 aliphatic heterocycles. The molecule has 6 nitrogen and oxygen atoms in total. The number of nitrogens with one attached hydrogen (secondary N) is 3. The molecule has 3 N–H and O–H groups in total. The molecule has 2 heterocycles. The second-order valence-corrected chi connectivity index (χ2v) is 3.65. The Hall–Kier alpha value is -2.70. The molecule has 0 aliphatic carbocycles. The van der Waals surface area contributed by atoms with Gasteiger partial charge in [0.2, 0.25) is 0 Å². The number of nitrogens with zero attached hydrogens (tertiary/aromatic N) is 2. The Kier molecular flexibility index (Phi) is 2.30. The number of hydrogen-bond acceptors (Lipinski definition) is 4. The fourth-order valence-electron chi connectivity index (χ4n) is 1.65. The Bertz CT molecular complexity index is 763. The minimum absolute atomic E-state index is 0.303. The molecule has 0 radical (unpaired) electrons. The highest BCUT2D eigenvalue weighted by molar-refractivity contribution is 5.84. The predicted molar refractivity (Wildman–Crippen MR) is 64.2 cm³/mol.